The molecule has 1 aliphatic rings. The van der Waals surface area contributed by atoms with Crippen LogP contribution in [0.4, 0.5) is 0 Å². The summed E-state index contributed by atoms with van der Waals surface area (Å²) in [5.41, 5.74) is 0. The first-order valence-electron chi connectivity index (χ1n) is 5.14. The Hall–Kier alpha value is -0.120. The molecule has 1 aliphatic heterocycles. The monoisotopic (exact) mass is 185 g/mol. The lowest BCUT2D eigenvalue weighted by Gasteiger charge is -2.23. The molecule has 1 N–H and O–H groups in total. The molecule has 0 aromatic heterocycles. The molecule has 0 amide bonds. The number of nitrogens with one attached hydrogen (secondary N) is 1. The zero-order valence-corrected chi connectivity index (χ0v) is 9.38. The van der Waals surface area contributed by atoms with Crippen LogP contribution in [0.15, 0.2) is 0 Å². The highest BCUT2D eigenvalue weighted by molar-refractivity contribution is 4.79. The summed E-state index contributed by atoms with van der Waals surface area (Å²) in [7, 11) is 6.48. The molecule has 3 nitrogen and oxygen atoms in total. The van der Waals surface area contributed by atoms with Crippen molar-refractivity contribution < 1.29 is 0 Å². The molecule has 2 atom stereocenters. The average Bonchev–Trinajstić information content (AvgIpc) is 2.11. The van der Waals surface area contributed by atoms with Gasteiger partial charge in [0.1, 0.15) is 0 Å². The number of hydrogen-bond acceptors (Lipinski definition) is 3. The number of likely N-dealkylation sites (N-methyl/N-ethyl adjacent to an activating group) is 2. The predicted octanol–water partition coefficient (Wildman–Crippen LogP) is 0.0877. The third-order valence-electron chi connectivity index (χ3n) is 2.50. The van der Waals surface area contributed by atoms with E-state index in [9.17, 15) is 0 Å². The topological polar surface area (TPSA) is 18.5 Å². The van der Waals surface area contributed by atoms with Crippen molar-refractivity contribution in [2.24, 2.45) is 5.92 Å². The van der Waals surface area contributed by atoms with Crippen molar-refractivity contribution >= 4 is 0 Å². The van der Waals surface area contributed by atoms with E-state index in [2.05, 4.69) is 43.2 Å². The molecular formula is C10H23N3. The molecule has 3 heteroatoms. The van der Waals surface area contributed by atoms with Gasteiger partial charge in [0.15, 0.2) is 0 Å². The molecule has 1 rings (SSSR count). The van der Waals surface area contributed by atoms with Gasteiger partial charge in [-0.05, 0) is 33.6 Å². The molecule has 0 saturated carbocycles. The van der Waals surface area contributed by atoms with Crippen LogP contribution in [0, 0.1) is 5.92 Å². The van der Waals surface area contributed by atoms with Crippen LogP contribution in [0.25, 0.3) is 0 Å². The predicted molar refractivity (Wildman–Crippen MR) is 57.0 cm³/mol. The fraction of sp³-hybridized carbons (Fsp3) is 1.00. The molecule has 0 aliphatic carbocycles. The fourth-order valence-electron chi connectivity index (χ4n) is 2.04. The minimum absolute atomic E-state index is 0.630. The first kappa shape index (κ1) is 11.0. The van der Waals surface area contributed by atoms with Gasteiger partial charge in [-0.25, -0.2) is 0 Å². The molecule has 1 saturated heterocycles. The van der Waals surface area contributed by atoms with Crippen molar-refractivity contribution in [2.75, 3.05) is 47.3 Å². The lowest BCUT2D eigenvalue weighted by atomic mass is 10.2. The highest BCUT2D eigenvalue weighted by Crippen LogP contribution is 2.04. The molecule has 78 valence electrons. The molecule has 0 aromatic rings. The van der Waals surface area contributed by atoms with Gasteiger partial charge in [0, 0.05) is 25.7 Å². The average molecular weight is 185 g/mol. The van der Waals surface area contributed by atoms with Crippen molar-refractivity contribution in [3.8, 4) is 0 Å². The van der Waals surface area contributed by atoms with Gasteiger partial charge in [0.05, 0.1) is 0 Å². The van der Waals surface area contributed by atoms with Crippen LogP contribution in [0.2, 0.25) is 0 Å². The molecule has 0 radical (unpaired) electrons. The SMILES string of the molecule is CC1CNC(CN(C)C)CN(C)C1. The summed E-state index contributed by atoms with van der Waals surface area (Å²) in [5.74, 6) is 0.775. The third kappa shape index (κ3) is 4.07. The zero-order valence-electron chi connectivity index (χ0n) is 9.38. The van der Waals surface area contributed by atoms with Gasteiger partial charge < -0.3 is 15.1 Å². The molecule has 2 unspecified atom stereocenters. The van der Waals surface area contributed by atoms with Crippen LogP contribution in [0.5, 0.6) is 0 Å². The number of nitrogens with zero attached hydrogens (tertiary/aromatic N) is 2. The summed E-state index contributed by atoms with van der Waals surface area (Å²) in [5, 5.41) is 3.61. The Morgan fingerprint density at radius 1 is 1.38 bits per heavy atom. The maximum absolute atomic E-state index is 3.61. The van der Waals surface area contributed by atoms with Crippen molar-refractivity contribution in [3.05, 3.63) is 0 Å². The lowest BCUT2D eigenvalue weighted by molar-refractivity contribution is 0.271. The lowest BCUT2D eigenvalue weighted by Crippen LogP contribution is -2.43. The normalized spacial score (nSPS) is 32.1. The van der Waals surface area contributed by atoms with Gasteiger partial charge in [0.25, 0.3) is 0 Å². The van der Waals surface area contributed by atoms with Crippen molar-refractivity contribution in [1.82, 2.24) is 15.1 Å². The van der Waals surface area contributed by atoms with E-state index in [4.69, 9.17) is 0 Å². The highest BCUT2D eigenvalue weighted by atomic mass is 15.2. The van der Waals surface area contributed by atoms with Crippen LogP contribution >= 0.6 is 0 Å². The van der Waals surface area contributed by atoms with E-state index >= 15 is 0 Å². The second-order valence-electron chi connectivity index (χ2n) is 4.69. The quantitative estimate of drug-likeness (QED) is 0.658. The maximum Gasteiger partial charge on any atom is 0.0322 e. The first-order valence-corrected chi connectivity index (χ1v) is 5.14. The molecule has 0 aromatic carbocycles. The fourth-order valence-corrected chi connectivity index (χ4v) is 2.04. The van der Waals surface area contributed by atoms with E-state index in [-0.39, 0.29) is 0 Å². The second kappa shape index (κ2) is 4.94. The van der Waals surface area contributed by atoms with Crippen LogP contribution in [0.1, 0.15) is 6.92 Å². The van der Waals surface area contributed by atoms with Gasteiger partial charge >= 0.3 is 0 Å². The number of rotatable bonds is 2. The van der Waals surface area contributed by atoms with Crippen molar-refractivity contribution in [3.63, 3.8) is 0 Å². The van der Waals surface area contributed by atoms with Crippen LogP contribution in [0.3, 0.4) is 0 Å². The summed E-state index contributed by atoms with van der Waals surface area (Å²) in [6, 6.07) is 0.630. The summed E-state index contributed by atoms with van der Waals surface area (Å²) in [6.45, 7) is 6.99. The van der Waals surface area contributed by atoms with Crippen LogP contribution in [-0.4, -0.2) is 63.2 Å². The van der Waals surface area contributed by atoms with E-state index < -0.39 is 0 Å². The Balaban J connectivity index is 2.38. The molecule has 0 spiro atoms. The molecular weight excluding hydrogens is 162 g/mol. The molecule has 1 fully saturated rings. The Morgan fingerprint density at radius 3 is 2.69 bits per heavy atom. The molecule has 1 heterocycles. The standard InChI is InChI=1S/C10H23N3/c1-9-5-11-10(7-12(2)3)8-13(4)6-9/h9-11H,5-8H2,1-4H3. The van der Waals surface area contributed by atoms with E-state index in [0.717, 1.165) is 19.0 Å². The molecule has 0 bridgehead atoms. The second-order valence-corrected chi connectivity index (χ2v) is 4.69. The van der Waals surface area contributed by atoms with E-state index in [1.54, 1.807) is 0 Å². The van der Waals surface area contributed by atoms with Gasteiger partial charge in [0.2, 0.25) is 0 Å². The largest absolute Gasteiger partial charge is 0.311 e. The highest BCUT2D eigenvalue weighted by Gasteiger charge is 2.18. The van der Waals surface area contributed by atoms with Gasteiger partial charge in [-0.15, -0.1) is 0 Å². The van der Waals surface area contributed by atoms with Gasteiger partial charge in [-0.3, -0.25) is 0 Å². The molecule has 13 heavy (non-hydrogen) atoms. The van der Waals surface area contributed by atoms with E-state index in [1.165, 1.54) is 13.1 Å². The Morgan fingerprint density at radius 2 is 2.08 bits per heavy atom. The summed E-state index contributed by atoms with van der Waals surface area (Å²) in [4.78, 5) is 4.68. The van der Waals surface area contributed by atoms with E-state index in [0.29, 0.717) is 6.04 Å². The first-order chi connectivity index (χ1) is 6.08. The van der Waals surface area contributed by atoms with Gasteiger partial charge in [-0.2, -0.15) is 0 Å². The third-order valence-corrected chi connectivity index (χ3v) is 2.50. The summed E-state index contributed by atoms with van der Waals surface area (Å²) in [6.07, 6.45) is 0. The smallest absolute Gasteiger partial charge is 0.0322 e. The minimum atomic E-state index is 0.630. The van der Waals surface area contributed by atoms with Gasteiger partial charge in [-0.1, -0.05) is 6.92 Å². The Labute approximate surface area is 82.1 Å². The zero-order chi connectivity index (χ0) is 9.84. The maximum atomic E-state index is 3.61. The van der Waals surface area contributed by atoms with E-state index in [1.807, 2.05) is 0 Å². The van der Waals surface area contributed by atoms with Crippen molar-refractivity contribution in [2.45, 2.75) is 13.0 Å². The minimum Gasteiger partial charge on any atom is -0.311 e. The van der Waals surface area contributed by atoms with Crippen LogP contribution < -0.4 is 5.32 Å². The summed E-state index contributed by atoms with van der Waals surface area (Å²) < 4.78 is 0. The Kier molecular flexibility index (Phi) is 4.16. The van der Waals surface area contributed by atoms with Crippen LogP contribution in [-0.2, 0) is 0 Å². The van der Waals surface area contributed by atoms with Crippen molar-refractivity contribution in [1.29, 1.82) is 0 Å². The Bertz CT molecular complexity index is 147. The number of hydrogen-bond donors (Lipinski definition) is 1. The summed E-state index contributed by atoms with van der Waals surface area (Å²) >= 11 is 0.